The van der Waals surface area contributed by atoms with Crippen LogP contribution in [0.5, 0.6) is 11.5 Å². The molecule has 0 fully saturated rings. The molecule has 0 amide bonds. The predicted molar refractivity (Wildman–Crippen MR) is 114 cm³/mol. The van der Waals surface area contributed by atoms with Crippen LogP contribution in [0, 0.1) is 20.8 Å². The maximum atomic E-state index is 9.30. The van der Waals surface area contributed by atoms with Gasteiger partial charge in [-0.15, -0.1) is 0 Å². The Bertz CT molecular complexity index is 803. The van der Waals surface area contributed by atoms with Crippen molar-refractivity contribution in [3.8, 4) is 11.5 Å². The van der Waals surface area contributed by atoms with Crippen LogP contribution in [0.25, 0.3) is 0 Å². The van der Waals surface area contributed by atoms with Crippen molar-refractivity contribution in [1.82, 2.24) is 0 Å². The van der Waals surface area contributed by atoms with Gasteiger partial charge in [0.1, 0.15) is 24.7 Å². The largest absolute Gasteiger partial charge is 0.491 e. The highest BCUT2D eigenvalue weighted by molar-refractivity contribution is 5.53. The Hall–Kier alpha value is -2.04. The lowest BCUT2D eigenvalue weighted by Gasteiger charge is -2.26. The maximum absolute atomic E-state index is 9.30. The smallest absolute Gasteiger partial charge is 0.126 e. The Balaban J connectivity index is 2.58. The first kappa shape index (κ1) is 22.3. The topological polar surface area (TPSA) is 58.9 Å². The van der Waals surface area contributed by atoms with E-state index in [9.17, 15) is 10.2 Å². The van der Waals surface area contributed by atoms with Gasteiger partial charge in [0.15, 0.2) is 0 Å². The minimum atomic E-state index is -0.0791. The van der Waals surface area contributed by atoms with Gasteiger partial charge in [0, 0.05) is 12.0 Å². The number of aryl methyl sites for hydroxylation is 3. The molecule has 0 unspecified atom stereocenters. The van der Waals surface area contributed by atoms with Gasteiger partial charge in [-0.2, -0.15) is 0 Å². The summed E-state index contributed by atoms with van der Waals surface area (Å²) >= 11 is 0. The summed E-state index contributed by atoms with van der Waals surface area (Å²) in [5.74, 6) is 1.67. The zero-order chi connectivity index (χ0) is 20.9. The molecule has 2 aromatic rings. The summed E-state index contributed by atoms with van der Waals surface area (Å²) in [6.45, 7) is 13.2. The summed E-state index contributed by atoms with van der Waals surface area (Å²) in [5.41, 5.74) is 6.62. The van der Waals surface area contributed by atoms with Crippen molar-refractivity contribution in [3.63, 3.8) is 0 Å². The van der Waals surface area contributed by atoms with E-state index in [0.29, 0.717) is 6.42 Å². The van der Waals surface area contributed by atoms with Gasteiger partial charge in [0.2, 0.25) is 0 Å². The number of hydrogen-bond donors (Lipinski definition) is 2. The summed E-state index contributed by atoms with van der Waals surface area (Å²) in [5, 5.41) is 18.5. The van der Waals surface area contributed by atoms with Crippen molar-refractivity contribution >= 4 is 0 Å². The predicted octanol–water partition coefficient (Wildman–Crippen LogP) is 4.24. The Morgan fingerprint density at radius 2 is 1.25 bits per heavy atom. The van der Waals surface area contributed by atoms with Crippen LogP contribution in [0.2, 0.25) is 0 Å². The van der Waals surface area contributed by atoms with Crippen LogP contribution in [0.4, 0.5) is 0 Å². The summed E-state index contributed by atoms with van der Waals surface area (Å²) in [6, 6.07) is 8.54. The Labute approximate surface area is 169 Å². The van der Waals surface area contributed by atoms with E-state index in [1.165, 1.54) is 11.1 Å². The molecule has 0 aliphatic rings. The first-order valence-corrected chi connectivity index (χ1v) is 9.88. The van der Waals surface area contributed by atoms with Gasteiger partial charge in [-0.05, 0) is 42.9 Å². The summed E-state index contributed by atoms with van der Waals surface area (Å²) < 4.78 is 11.9. The minimum Gasteiger partial charge on any atom is -0.491 e. The second-order valence-electron chi connectivity index (χ2n) is 8.44. The van der Waals surface area contributed by atoms with Gasteiger partial charge >= 0.3 is 0 Å². The lowest BCUT2D eigenvalue weighted by Crippen LogP contribution is -2.17. The quantitative estimate of drug-likeness (QED) is 0.712. The van der Waals surface area contributed by atoms with E-state index in [4.69, 9.17) is 9.47 Å². The van der Waals surface area contributed by atoms with Gasteiger partial charge in [-0.25, -0.2) is 0 Å². The fraction of sp³-hybridized carbons (Fsp3) is 0.500. The third kappa shape index (κ3) is 5.49. The number of rotatable bonds is 8. The van der Waals surface area contributed by atoms with Crippen LogP contribution in [-0.2, 0) is 11.8 Å². The molecule has 0 saturated carbocycles. The number of benzene rings is 2. The summed E-state index contributed by atoms with van der Waals surface area (Å²) in [7, 11) is 0. The van der Waals surface area contributed by atoms with E-state index in [-0.39, 0.29) is 31.8 Å². The monoisotopic (exact) mass is 386 g/mol. The second kappa shape index (κ2) is 9.44. The van der Waals surface area contributed by atoms with E-state index < -0.39 is 0 Å². The molecule has 0 aliphatic heterocycles. The number of ether oxygens (including phenoxy) is 2. The standard InChI is InChI=1S/C24H34O4/c1-16-11-18(3)22(27-9-7-25)19(12-16)15-20-13-17(2)14-21(24(4,5)6)23(20)28-10-8-26/h11-14,25-26H,7-10,15H2,1-6H3. The minimum absolute atomic E-state index is 0.0176. The molecule has 0 saturated heterocycles. The molecule has 2 aromatic carbocycles. The average molecular weight is 387 g/mol. The number of hydrogen-bond acceptors (Lipinski definition) is 4. The number of aliphatic hydroxyl groups excluding tert-OH is 2. The highest BCUT2D eigenvalue weighted by Crippen LogP contribution is 2.38. The fourth-order valence-electron chi connectivity index (χ4n) is 3.59. The molecule has 28 heavy (non-hydrogen) atoms. The molecule has 154 valence electrons. The fourth-order valence-corrected chi connectivity index (χ4v) is 3.59. The molecule has 0 heterocycles. The van der Waals surface area contributed by atoms with E-state index in [1.807, 2.05) is 6.92 Å². The van der Waals surface area contributed by atoms with Gasteiger partial charge < -0.3 is 19.7 Å². The van der Waals surface area contributed by atoms with Gasteiger partial charge in [0.25, 0.3) is 0 Å². The van der Waals surface area contributed by atoms with Crippen molar-refractivity contribution in [2.24, 2.45) is 0 Å². The van der Waals surface area contributed by atoms with Crippen LogP contribution < -0.4 is 9.47 Å². The van der Waals surface area contributed by atoms with E-state index in [1.54, 1.807) is 0 Å². The van der Waals surface area contributed by atoms with Crippen LogP contribution >= 0.6 is 0 Å². The van der Waals surface area contributed by atoms with Crippen LogP contribution in [-0.4, -0.2) is 36.6 Å². The molecular formula is C24H34O4. The van der Waals surface area contributed by atoms with Gasteiger partial charge in [-0.3, -0.25) is 0 Å². The lowest BCUT2D eigenvalue weighted by atomic mass is 9.83. The Kier molecular flexibility index (Phi) is 7.50. The molecule has 0 spiro atoms. The first-order chi connectivity index (χ1) is 13.2. The lowest BCUT2D eigenvalue weighted by molar-refractivity contribution is 0.197. The van der Waals surface area contributed by atoms with Crippen molar-refractivity contribution in [2.75, 3.05) is 26.4 Å². The highest BCUT2D eigenvalue weighted by atomic mass is 16.5. The molecule has 2 rings (SSSR count). The van der Waals surface area contributed by atoms with Crippen molar-refractivity contribution in [2.45, 2.75) is 53.4 Å². The molecule has 4 heteroatoms. The molecular weight excluding hydrogens is 352 g/mol. The SMILES string of the molecule is Cc1cc(C)c(OCCO)c(Cc2cc(C)cc(C(C)(C)C)c2OCCO)c1. The Morgan fingerprint density at radius 1 is 0.750 bits per heavy atom. The van der Waals surface area contributed by atoms with Crippen molar-refractivity contribution in [3.05, 3.63) is 57.6 Å². The number of aliphatic hydroxyl groups is 2. The zero-order valence-corrected chi connectivity index (χ0v) is 18.1. The molecule has 0 atom stereocenters. The maximum Gasteiger partial charge on any atom is 0.126 e. The molecule has 0 bridgehead atoms. The van der Waals surface area contributed by atoms with Crippen molar-refractivity contribution < 1.29 is 19.7 Å². The average Bonchev–Trinajstić information content (AvgIpc) is 2.59. The molecule has 2 N–H and O–H groups in total. The van der Waals surface area contributed by atoms with Crippen LogP contribution in [0.15, 0.2) is 24.3 Å². The molecule has 0 aliphatic carbocycles. The van der Waals surface area contributed by atoms with E-state index in [0.717, 1.165) is 33.8 Å². The zero-order valence-electron chi connectivity index (χ0n) is 18.1. The Morgan fingerprint density at radius 3 is 1.79 bits per heavy atom. The van der Waals surface area contributed by atoms with E-state index in [2.05, 4.69) is 58.9 Å². The molecule has 0 aromatic heterocycles. The summed E-state index contributed by atoms with van der Waals surface area (Å²) in [4.78, 5) is 0. The molecule has 0 radical (unpaired) electrons. The normalized spacial score (nSPS) is 11.6. The van der Waals surface area contributed by atoms with E-state index >= 15 is 0 Å². The van der Waals surface area contributed by atoms with Crippen LogP contribution in [0.3, 0.4) is 0 Å². The highest BCUT2D eigenvalue weighted by Gasteiger charge is 2.23. The molecule has 4 nitrogen and oxygen atoms in total. The van der Waals surface area contributed by atoms with Gasteiger partial charge in [-0.1, -0.05) is 56.2 Å². The van der Waals surface area contributed by atoms with Crippen LogP contribution in [0.1, 0.15) is 54.2 Å². The first-order valence-electron chi connectivity index (χ1n) is 9.88. The van der Waals surface area contributed by atoms with Gasteiger partial charge in [0.05, 0.1) is 13.2 Å². The van der Waals surface area contributed by atoms with Crippen molar-refractivity contribution in [1.29, 1.82) is 0 Å². The third-order valence-corrected chi connectivity index (χ3v) is 4.67. The summed E-state index contributed by atoms with van der Waals surface area (Å²) in [6.07, 6.45) is 0.662. The second-order valence-corrected chi connectivity index (χ2v) is 8.44. The third-order valence-electron chi connectivity index (χ3n) is 4.67.